The van der Waals surface area contributed by atoms with Gasteiger partial charge in [0, 0.05) is 37.6 Å². The van der Waals surface area contributed by atoms with Crippen molar-refractivity contribution in [1.82, 2.24) is 25.3 Å². The van der Waals surface area contributed by atoms with Crippen molar-refractivity contribution in [2.75, 3.05) is 41.7 Å². The van der Waals surface area contributed by atoms with E-state index in [1.165, 1.54) is 11.1 Å². The first-order chi connectivity index (χ1) is 15.1. The molecule has 0 atom stereocenters. The minimum Gasteiger partial charge on any atom is -0.352 e. The van der Waals surface area contributed by atoms with Gasteiger partial charge in [0.1, 0.15) is 0 Å². The molecule has 0 unspecified atom stereocenters. The molecule has 3 heterocycles. The van der Waals surface area contributed by atoms with Gasteiger partial charge in [0.05, 0.1) is 0 Å². The van der Waals surface area contributed by atoms with E-state index >= 15 is 0 Å². The number of hydrogen-bond acceptors (Lipinski definition) is 7. The van der Waals surface area contributed by atoms with Crippen LogP contribution in [0.2, 0.25) is 0 Å². The molecule has 0 aliphatic carbocycles. The summed E-state index contributed by atoms with van der Waals surface area (Å²) in [4.78, 5) is 19.9. The van der Waals surface area contributed by atoms with Gasteiger partial charge >= 0.3 is 0 Å². The van der Waals surface area contributed by atoms with E-state index in [4.69, 9.17) is 15.0 Å². The van der Waals surface area contributed by atoms with E-state index in [1.807, 2.05) is 24.3 Å². The molecule has 2 aromatic heterocycles. The topological polar surface area (TPSA) is 93.8 Å². The summed E-state index contributed by atoms with van der Waals surface area (Å²) in [6.07, 6.45) is 0. The van der Waals surface area contributed by atoms with E-state index in [0.717, 1.165) is 48.9 Å². The lowest BCUT2D eigenvalue weighted by molar-refractivity contribution is 0.586. The maximum absolute atomic E-state index is 4.85. The van der Waals surface area contributed by atoms with E-state index in [2.05, 4.69) is 63.9 Å². The highest BCUT2D eigenvalue weighted by molar-refractivity contribution is 5.87. The standard InChI is InChI=1S/C23H26N8/c1-15-5-3-7-17(13-15)25-22-27-19-20(28-22)29-23(26-18-8-4-6-16(2)14-18)30-21(19)31-11-9-24-10-12-31/h3-8,13-14,24H,9-12H2,1-2H3,(H3,25,26,27,28,29,30). The van der Waals surface area contributed by atoms with Crippen molar-refractivity contribution in [2.24, 2.45) is 0 Å². The first kappa shape index (κ1) is 19.3. The zero-order valence-electron chi connectivity index (χ0n) is 17.7. The predicted molar refractivity (Wildman–Crippen MR) is 126 cm³/mol. The van der Waals surface area contributed by atoms with Gasteiger partial charge in [-0.15, -0.1) is 0 Å². The van der Waals surface area contributed by atoms with E-state index in [-0.39, 0.29) is 0 Å². The molecule has 31 heavy (non-hydrogen) atoms. The number of H-pyrrole nitrogens is 1. The molecule has 1 saturated heterocycles. The Morgan fingerprint density at radius 1 is 0.839 bits per heavy atom. The lowest BCUT2D eigenvalue weighted by atomic mass is 10.2. The van der Waals surface area contributed by atoms with Crippen LogP contribution in [0.3, 0.4) is 0 Å². The van der Waals surface area contributed by atoms with Gasteiger partial charge in [-0.3, -0.25) is 0 Å². The van der Waals surface area contributed by atoms with Crippen molar-refractivity contribution in [3.05, 3.63) is 59.7 Å². The van der Waals surface area contributed by atoms with Crippen LogP contribution in [0.25, 0.3) is 11.2 Å². The lowest BCUT2D eigenvalue weighted by Crippen LogP contribution is -2.44. The van der Waals surface area contributed by atoms with Gasteiger partial charge in [0.2, 0.25) is 11.9 Å². The Morgan fingerprint density at radius 3 is 2.19 bits per heavy atom. The average Bonchev–Trinajstić information content (AvgIpc) is 3.16. The van der Waals surface area contributed by atoms with Crippen LogP contribution in [-0.4, -0.2) is 46.1 Å². The second kappa shape index (κ2) is 8.23. The van der Waals surface area contributed by atoms with Gasteiger partial charge in [0.25, 0.3) is 0 Å². The predicted octanol–water partition coefficient (Wildman–Crippen LogP) is 3.87. The number of hydrogen-bond donors (Lipinski definition) is 4. The van der Waals surface area contributed by atoms with Crippen LogP contribution in [0.5, 0.6) is 0 Å². The van der Waals surface area contributed by atoms with Crippen LogP contribution >= 0.6 is 0 Å². The Kier molecular flexibility index (Phi) is 5.13. The smallest absolute Gasteiger partial charge is 0.231 e. The monoisotopic (exact) mass is 414 g/mol. The molecular formula is C23H26N8. The number of imidazole rings is 1. The molecule has 4 N–H and O–H groups in total. The Balaban J connectivity index is 1.53. The molecule has 8 heteroatoms. The number of piperazine rings is 1. The number of aromatic amines is 1. The second-order valence-electron chi connectivity index (χ2n) is 7.88. The molecule has 4 aromatic rings. The fourth-order valence-electron chi connectivity index (χ4n) is 3.81. The Hall–Kier alpha value is -3.65. The number of benzene rings is 2. The Morgan fingerprint density at radius 2 is 1.52 bits per heavy atom. The number of aryl methyl sites for hydroxylation is 2. The van der Waals surface area contributed by atoms with Crippen LogP contribution in [0.15, 0.2) is 48.5 Å². The van der Waals surface area contributed by atoms with E-state index in [1.54, 1.807) is 0 Å². The first-order valence-corrected chi connectivity index (χ1v) is 10.5. The molecule has 5 rings (SSSR count). The van der Waals surface area contributed by atoms with E-state index in [0.29, 0.717) is 17.5 Å². The molecule has 0 saturated carbocycles. The molecule has 0 bridgehead atoms. The Labute approximate surface area is 181 Å². The number of rotatable bonds is 5. The SMILES string of the molecule is Cc1cccc(Nc2nc(N3CCNCC3)c3nc(Nc4cccc(C)c4)[nH]c3n2)c1. The minimum atomic E-state index is 0.553. The summed E-state index contributed by atoms with van der Waals surface area (Å²) in [7, 11) is 0. The van der Waals surface area contributed by atoms with Crippen molar-refractivity contribution in [1.29, 1.82) is 0 Å². The molecule has 158 valence electrons. The van der Waals surface area contributed by atoms with Gasteiger partial charge in [-0.25, -0.2) is 4.98 Å². The largest absolute Gasteiger partial charge is 0.352 e. The average molecular weight is 415 g/mol. The quantitative estimate of drug-likeness (QED) is 0.394. The summed E-state index contributed by atoms with van der Waals surface area (Å²) in [5.74, 6) is 2.05. The molecule has 1 fully saturated rings. The fraction of sp³-hybridized carbons (Fsp3) is 0.261. The van der Waals surface area contributed by atoms with Crippen LogP contribution < -0.4 is 20.9 Å². The molecule has 0 radical (unpaired) electrons. The van der Waals surface area contributed by atoms with Gasteiger partial charge in [0.15, 0.2) is 17.0 Å². The minimum absolute atomic E-state index is 0.553. The molecule has 1 aliphatic heterocycles. The first-order valence-electron chi connectivity index (χ1n) is 10.5. The third-order valence-corrected chi connectivity index (χ3v) is 5.30. The van der Waals surface area contributed by atoms with E-state index in [9.17, 15) is 0 Å². The summed E-state index contributed by atoms with van der Waals surface area (Å²) >= 11 is 0. The maximum Gasteiger partial charge on any atom is 0.231 e. The van der Waals surface area contributed by atoms with Crippen molar-refractivity contribution >= 4 is 40.3 Å². The highest BCUT2D eigenvalue weighted by Gasteiger charge is 2.20. The highest BCUT2D eigenvalue weighted by Crippen LogP contribution is 2.28. The van der Waals surface area contributed by atoms with Gasteiger partial charge < -0.3 is 25.8 Å². The molecule has 8 nitrogen and oxygen atoms in total. The molecule has 0 spiro atoms. The summed E-state index contributed by atoms with van der Waals surface area (Å²) < 4.78 is 0. The fourth-order valence-corrected chi connectivity index (χ4v) is 3.81. The van der Waals surface area contributed by atoms with Gasteiger partial charge in [-0.2, -0.15) is 9.97 Å². The van der Waals surface area contributed by atoms with Crippen LogP contribution in [0.4, 0.5) is 29.1 Å². The van der Waals surface area contributed by atoms with Crippen molar-refractivity contribution in [2.45, 2.75) is 13.8 Å². The summed E-state index contributed by atoms with van der Waals surface area (Å²) in [5, 5.41) is 10.1. The zero-order chi connectivity index (χ0) is 21.2. The lowest BCUT2D eigenvalue weighted by Gasteiger charge is -2.28. The number of nitrogens with zero attached hydrogens (tertiary/aromatic N) is 4. The van der Waals surface area contributed by atoms with Crippen LogP contribution in [0.1, 0.15) is 11.1 Å². The van der Waals surface area contributed by atoms with Gasteiger partial charge in [-0.1, -0.05) is 24.3 Å². The summed E-state index contributed by atoms with van der Waals surface area (Å²) in [6.45, 7) is 7.74. The number of aromatic nitrogens is 4. The normalized spacial score (nSPS) is 14.1. The Bertz CT molecular complexity index is 1210. The summed E-state index contributed by atoms with van der Waals surface area (Å²) in [6, 6.07) is 16.4. The van der Waals surface area contributed by atoms with Crippen LogP contribution in [-0.2, 0) is 0 Å². The molecule has 0 amide bonds. The number of fused-ring (bicyclic) bond motifs is 1. The molecule has 2 aromatic carbocycles. The molecule has 1 aliphatic rings. The third-order valence-electron chi connectivity index (χ3n) is 5.30. The van der Waals surface area contributed by atoms with E-state index < -0.39 is 0 Å². The number of anilines is 5. The molecular weight excluding hydrogens is 388 g/mol. The summed E-state index contributed by atoms with van der Waals surface area (Å²) in [5.41, 5.74) is 5.78. The van der Waals surface area contributed by atoms with Crippen molar-refractivity contribution < 1.29 is 0 Å². The zero-order valence-corrected chi connectivity index (χ0v) is 17.7. The maximum atomic E-state index is 4.85. The second-order valence-corrected chi connectivity index (χ2v) is 7.88. The van der Waals surface area contributed by atoms with Crippen molar-refractivity contribution in [3.63, 3.8) is 0 Å². The van der Waals surface area contributed by atoms with Crippen molar-refractivity contribution in [3.8, 4) is 0 Å². The highest BCUT2D eigenvalue weighted by atomic mass is 15.3. The van der Waals surface area contributed by atoms with Crippen LogP contribution in [0, 0.1) is 13.8 Å². The van der Waals surface area contributed by atoms with Gasteiger partial charge in [-0.05, 0) is 49.2 Å². The third kappa shape index (κ3) is 4.29. The number of nitrogens with one attached hydrogen (secondary N) is 4.